The molecule has 0 saturated heterocycles. The third kappa shape index (κ3) is 8.63. The molecule has 0 radical (unpaired) electrons. The van der Waals surface area contributed by atoms with Crippen LogP contribution in [0.2, 0.25) is 0 Å². The van der Waals surface area contributed by atoms with Gasteiger partial charge in [0.15, 0.2) is 0 Å². The average molecular weight is 957 g/mol. The number of hydrogen-bond donors (Lipinski definition) is 0. The minimum absolute atomic E-state index is 0.0209. The molecule has 9 rings (SSSR count). The van der Waals surface area contributed by atoms with Crippen LogP contribution in [-0.2, 0) is 19.2 Å². The lowest BCUT2D eigenvalue weighted by atomic mass is 10.1. The number of amides is 8. The van der Waals surface area contributed by atoms with Crippen molar-refractivity contribution in [2.45, 2.75) is 20.8 Å². The van der Waals surface area contributed by atoms with E-state index in [4.69, 9.17) is 18.9 Å². The largest absolute Gasteiger partial charge is 0.423 e. The molecule has 0 saturated carbocycles. The van der Waals surface area contributed by atoms with Crippen LogP contribution < -0.4 is 18.9 Å². The van der Waals surface area contributed by atoms with Crippen LogP contribution in [0.1, 0.15) is 102 Å². The van der Waals surface area contributed by atoms with Crippen molar-refractivity contribution in [3.63, 3.8) is 0 Å². The lowest BCUT2D eigenvalue weighted by Crippen LogP contribution is -2.44. The van der Waals surface area contributed by atoms with Crippen molar-refractivity contribution in [1.82, 2.24) is 19.6 Å². The average Bonchev–Trinajstić information content (AvgIpc) is 3.94. The lowest BCUT2D eigenvalue weighted by molar-refractivity contribution is -0.140. The Balaban J connectivity index is 0.756. The van der Waals surface area contributed by atoms with E-state index in [0.29, 0.717) is 5.56 Å². The van der Waals surface area contributed by atoms with Crippen LogP contribution in [0.3, 0.4) is 0 Å². The van der Waals surface area contributed by atoms with Gasteiger partial charge < -0.3 is 18.9 Å². The van der Waals surface area contributed by atoms with E-state index in [-0.39, 0.29) is 78.7 Å². The highest BCUT2D eigenvalue weighted by Crippen LogP contribution is 2.30. The number of rotatable bonds is 12. The van der Waals surface area contributed by atoms with Crippen molar-refractivity contribution in [3.05, 3.63) is 176 Å². The monoisotopic (exact) mass is 956 g/mol. The van der Waals surface area contributed by atoms with Gasteiger partial charge in [-0.2, -0.15) is 0 Å². The fourth-order valence-corrected chi connectivity index (χ4v) is 7.69. The molecule has 4 heterocycles. The first-order valence-corrected chi connectivity index (χ1v) is 21.1. The molecule has 0 aromatic heterocycles. The summed E-state index contributed by atoms with van der Waals surface area (Å²) in [5.74, 6) is -8.65. The fraction of sp³-hybridized carbons (Fsp3) is 0.0980. The fourth-order valence-electron chi connectivity index (χ4n) is 7.69. The van der Waals surface area contributed by atoms with Crippen molar-refractivity contribution in [3.8, 4) is 23.0 Å². The lowest BCUT2D eigenvalue weighted by Gasteiger charge is -2.21. The van der Waals surface area contributed by atoms with Gasteiger partial charge in [-0.1, -0.05) is 0 Å². The number of hydrogen-bond acceptors (Lipinski definition) is 16. The first-order chi connectivity index (χ1) is 33.9. The van der Waals surface area contributed by atoms with Gasteiger partial charge in [-0.15, -0.1) is 0 Å². The molecule has 0 aliphatic carbocycles. The van der Waals surface area contributed by atoms with Gasteiger partial charge in [-0.25, -0.2) is 19.2 Å². The van der Waals surface area contributed by atoms with Gasteiger partial charge in [-0.05, 0) is 129 Å². The summed E-state index contributed by atoms with van der Waals surface area (Å²) >= 11 is 0. The Hall–Kier alpha value is -9.98. The number of imide groups is 4. The predicted molar refractivity (Wildman–Crippen MR) is 239 cm³/mol. The third-order valence-electron chi connectivity index (χ3n) is 11.5. The van der Waals surface area contributed by atoms with E-state index >= 15 is 0 Å². The van der Waals surface area contributed by atoms with Gasteiger partial charge >= 0.3 is 23.9 Å². The number of fused-ring (bicyclic) bond motifs is 2. The van der Waals surface area contributed by atoms with Crippen molar-refractivity contribution < 1.29 is 76.5 Å². The van der Waals surface area contributed by atoms with E-state index < -0.39 is 84.5 Å². The normalized spacial score (nSPS) is 15.0. The highest BCUT2D eigenvalue weighted by atomic mass is 16.5. The maximum Gasteiger partial charge on any atom is 0.343 e. The predicted octanol–water partition coefficient (Wildman–Crippen LogP) is 4.61. The standard InChI is InChI=1S/C51H32N4O16/c1-25-18-34(70-48(64)28-4-10-32(11-5-28)68-50(66)30-8-15-35-37(21-30)46(62)54(44(35)60)23-52-40(56)19-26(2)42(52)58)14-17-39(25)71-49(65)29-6-12-33(13-7-29)69-51(67)31-9-16-36-38(22-31)47(63)55(45(36)61)24-53-41(57)20-27(3)43(53)59/h4-22H,23-24H2,1-3H3. The molecule has 4 aliphatic rings. The maximum atomic E-state index is 13.1. The Morgan fingerprint density at radius 1 is 0.366 bits per heavy atom. The topological polar surface area (TPSA) is 255 Å². The Bertz CT molecular complexity index is 3390. The number of aryl methyl sites for hydroxylation is 1. The van der Waals surface area contributed by atoms with Crippen LogP contribution in [-0.4, -0.2) is 104 Å². The van der Waals surface area contributed by atoms with Gasteiger partial charge in [-0.3, -0.25) is 58.0 Å². The minimum atomic E-state index is -0.882. The maximum absolute atomic E-state index is 13.1. The second-order valence-electron chi connectivity index (χ2n) is 16.2. The van der Waals surface area contributed by atoms with Crippen LogP contribution >= 0.6 is 0 Å². The van der Waals surface area contributed by atoms with E-state index in [1.165, 1.54) is 117 Å². The number of benzene rings is 5. The first kappa shape index (κ1) is 46.1. The second kappa shape index (κ2) is 17.9. The summed E-state index contributed by atoms with van der Waals surface area (Å²) in [4.78, 5) is 156. The minimum Gasteiger partial charge on any atom is -0.423 e. The molecule has 5 aromatic carbocycles. The van der Waals surface area contributed by atoms with E-state index in [1.807, 2.05) is 0 Å². The van der Waals surface area contributed by atoms with Gasteiger partial charge in [0.05, 0.1) is 44.5 Å². The van der Waals surface area contributed by atoms with Gasteiger partial charge in [0, 0.05) is 23.3 Å². The second-order valence-corrected chi connectivity index (χ2v) is 16.2. The van der Waals surface area contributed by atoms with Gasteiger partial charge in [0.1, 0.15) is 36.3 Å². The summed E-state index contributed by atoms with van der Waals surface area (Å²) in [6.45, 7) is 3.31. The molecule has 0 bridgehead atoms. The zero-order chi connectivity index (χ0) is 50.6. The molecular formula is C51H32N4O16. The van der Waals surface area contributed by atoms with E-state index in [2.05, 4.69) is 0 Å². The zero-order valence-electron chi connectivity index (χ0n) is 37.2. The van der Waals surface area contributed by atoms with Gasteiger partial charge in [0.25, 0.3) is 47.3 Å². The Labute approximate surface area is 399 Å². The van der Waals surface area contributed by atoms with Crippen molar-refractivity contribution in [2.75, 3.05) is 13.3 Å². The summed E-state index contributed by atoms with van der Waals surface area (Å²) in [6.07, 6.45) is 2.21. The summed E-state index contributed by atoms with van der Waals surface area (Å²) in [7, 11) is 0. The van der Waals surface area contributed by atoms with E-state index in [9.17, 15) is 57.5 Å². The molecule has 352 valence electrons. The summed E-state index contributed by atoms with van der Waals surface area (Å²) < 4.78 is 21.9. The molecule has 20 heteroatoms. The number of nitrogens with zero attached hydrogens (tertiary/aromatic N) is 4. The summed E-state index contributed by atoms with van der Waals surface area (Å²) in [5, 5.41) is 0. The highest BCUT2D eigenvalue weighted by molar-refractivity contribution is 6.24. The number of esters is 4. The summed E-state index contributed by atoms with van der Waals surface area (Å²) in [5.41, 5.74) is 0.508. The van der Waals surface area contributed by atoms with E-state index in [1.54, 1.807) is 6.92 Å². The van der Waals surface area contributed by atoms with Crippen LogP contribution in [0, 0.1) is 6.92 Å². The molecule has 0 N–H and O–H groups in total. The molecule has 8 amide bonds. The van der Waals surface area contributed by atoms with E-state index in [0.717, 1.165) is 31.8 Å². The SMILES string of the molecule is CC1=CC(=O)N(CN2C(=O)c3ccc(C(=O)Oc4ccc(C(=O)Oc5ccc(OC(=O)c6ccc(OC(=O)c7ccc8c(c7)C(=O)N(CN7C(=O)C=C(C)C7=O)C8=O)cc6)c(C)c5)cc4)cc3C2=O)C1=O. The number of carbonyl (C=O) groups excluding carboxylic acids is 12. The molecule has 20 nitrogen and oxygen atoms in total. The molecule has 0 fully saturated rings. The number of ether oxygens (including phenoxy) is 4. The van der Waals surface area contributed by atoms with Crippen molar-refractivity contribution in [2.24, 2.45) is 0 Å². The molecule has 0 spiro atoms. The third-order valence-corrected chi connectivity index (χ3v) is 11.5. The molecule has 0 atom stereocenters. The molecule has 71 heavy (non-hydrogen) atoms. The van der Waals surface area contributed by atoms with Crippen LogP contribution in [0.15, 0.2) is 126 Å². The van der Waals surface area contributed by atoms with Crippen molar-refractivity contribution >= 4 is 71.1 Å². The van der Waals surface area contributed by atoms with Crippen LogP contribution in [0.4, 0.5) is 0 Å². The zero-order valence-corrected chi connectivity index (χ0v) is 37.2. The number of carbonyl (C=O) groups is 12. The highest BCUT2D eigenvalue weighted by Gasteiger charge is 2.42. The molecule has 0 unspecified atom stereocenters. The Kier molecular flexibility index (Phi) is 11.6. The van der Waals surface area contributed by atoms with Crippen molar-refractivity contribution in [1.29, 1.82) is 0 Å². The molecular weight excluding hydrogens is 925 g/mol. The van der Waals surface area contributed by atoms with Crippen LogP contribution in [0.5, 0.6) is 23.0 Å². The Morgan fingerprint density at radius 2 is 0.718 bits per heavy atom. The summed E-state index contributed by atoms with van der Waals surface area (Å²) in [6, 6.07) is 22.5. The Morgan fingerprint density at radius 3 is 1.11 bits per heavy atom. The first-order valence-electron chi connectivity index (χ1n) is 21.1. The van der Waals surface area contributed by atoms with Gasteiger partial charge in [0.2, 0.25) is 0 Å². The van der Waals surface area contributed by atoms with Crippen LogP contribution in [0.25, 0.3) is 0 Å². The quantitative estimate of drug-likeness (QED) is 0.0940. The smallest absolute Gasteiger partial charge is 0.343 e. The molecule has 5 aromatic rings. The molecule has 4 aliphatic heterocycles.